The zero-order valence-corrected chi connectivity index (χ0v) is 10.2. The van der Waals surface area contributed by atoms with E-state index in [2.05, 4.69) is 12.2 Å². The van der Waals surface area contributed by atoms with Gasteiger partial charge in [0.2, 0.25) is 0 Å². The van der Waals surface area contributed by atoms with E-state index in [1.54, 1.807) is 0 Å². The molecule has 0 bridgehead atoms. The van der Waals surface area contributed by atoms with Gasteiger partial charge in [-0.15, -0.1) is 0 Å². The fourth-order valence-electron chi connectivity index (χ4n) is 1.37. The van der Waals surface area contributed by atoms with Crippen LogP contribution in [0, 0.1) is 0 Å². The molecule has 0 fully saturated rings. The van der Waals surface area contributed by atoms with Crippen molar-refractivity contribution >= 4 is 5.97 Å². The van der Waals surface area contributed by atoms with Crippen molar-refractivity contribution < 1.29 is 9.53 Å². The molecule has 0 rings (SSSR count). The molecule has 0 amide bonds. The Labute approximate surface area is 93.6 Å². The second-order valence-electron chi connectivity index (χ2n) is 3.84. The molecule has 90 valence electrons. The number of carbonyl (C=O) groups excluding carboxylic acids is 1. The Kier molecular flexibility index (Phi) is 11.1. The summed E-state index contributed by atoms with van der Waals surface area (Å²) in [5, 5.41) is 3.01. The lowest BCUT2D eigenvalue weighted by Gasteiger charge is -2.04. The lowest BCUT2D eigenvalue weighted by atomic mass is 10.2. The highest BCUT2D eigenvalue weighted by Crippen LogP contribution is 2.03. The minimum absolute atomic E-state index is 0.0549. The highest BCUT2D eigenvalue weighted by atomic mass is 16.5. The standard InChI is InChI=1S/C12H25NO2/c1-3-4-5-6-7-11-15-12(14)9-8-10-13-2/h13H,3-11H2,1-2H3. The molecule has 0 spiro atoms. The van der Waals surface area contributed by atoms with E-state index < -0.39 is 0 Å². The maximum atomic E-state index is 11.2. The van der Waals surface area contributed by atoms with Gasteiger partial charge in [0, 0.05) is 6.42 Å². The van der Waals surface area contributed by atoms with Crippen LogP contribution < -0.4 is 5.32 Å². The molecule has 0 heterocycles. The highest BCUT2D eigenvalue weighted by molar-refractivity contribution is 5.69. The molecule has 0 saturated heterocycles. The molecule has 0 radical (unpaired) electrons. The van der Waals surface area contributed by atoms with Crippen molar-refractivity contribution in [3.8, 4) is 0 Å². The smallest absolute Gasteiger partial charge is 0.305 e. The van der Waals surface area contributed by atoms with Gasteiger partial charge in [0.1, 0.15) is 0 Å². The van der Waals surface area contributed by atoms with Crippen molar-refractivity contribution in [2.24, 2.45) is 0 Å². The molecule has 3 heteroatoms. The van der Waals surface area contributed by atoms with E-state index in [0.29, 0.717) is 13.0 Å². The van der Waals surface area contributed by atoms with Gasteiger partial charge in [0.05, 0.1) is 6.61 Å². The summed E-state index contributed by atoms with van der Waals surface area (Å²) < 4.78 is 5.10. The Bertz CT molecular complexity index is 149. The fourth-order valence-corrected chi connectivity index (χ4v) is 1.37. The lowest BCUT2D eigenvalue weighted by Crippen LogP contribution is -2.12. The van der Waals surface area contributed by atoms with E-state index >= 15 is 0 Å². The topological polar surface area (TPSA) is 38.3 Å². The molecule has 1 N–H and O–H groups in total. The summed E-state index contributed by atoms with van der Waals surface area (Å²) in [5.41, 5.74) is 0. The molecule has 0 aliphatic rings. The number of nitrogens with one attached hydrogen (secondary N) is 1. The lowest BCUT2D eigenvalue weighted by molar-refractivity contribution is -0.143. The third kappa shape index (κ3) is 11.4. The first kappa shape index (κ1) is 14.4. The predicted molar refractivity (Wildman–Crippen MR) is 62.9 cm³/mol. The summed E-state index contributed by atoms with van der Waals surface area (Å²) in [6.45, 7) is 3.68. The number of ether oxygens (including phenoxy) is 1. The minimum Gasteiger partial charge on any atom is -0.466 e. The van der Waals surface area contributed by atoms with Crippen LogP contribution in [0.15, 0.2) is 0 Å². The van der Waals surface area contributed by atoms with Gasteiger partial charge >= 0.3 is 5.97 Å². The van der Waals surface area contributed by atoms with Crippen molar-refractivity contribution in [3.63, 3.8) is 0 Å². The number of hydrogen-bond donors (Lipinski definition) is 1. The van der Waals surface area contributed by atoms with E-state index in [1.165, 1.54) is 25.7 Å². The predicted octanol–water partition coefficient (Wildman–Crippen LogP) is 2.50. The van der Waals surface area contributed by atoms with E-state index in [9.17, 15) is 4.79 Å². The molecule has 0 unspecified atom stereocenters. The van der Waals surface area contributed by atoms with Gasteiger partial charge in [0.25, 0.3) is 0 Å². The first-order chi connectivity index (χ1) is 7.31. The average Bonchev–Trinajstić information content (AvgIpc) is 2.23. The van der Waals surface area contributed by atoms with Crippen LogP contribution in [0.4, 0.5) is 0 Å². The van der Waals surface area contributed by atoms with Crippen molar-refractivity contribution in [3.05, 3.63) is 0 Å². The van der Waals surface area contributed by atoms with Crippen molar-refractivity contribution in [2.45, 2.75) is 51.9 Å². The quantitative estimate of drug-likeness (QED) is 0.449. The Morgan fingerprint density at radius 1 is 1.13 bits per heavy atom. The van der Waals surface area contributed by atoms with Gasteiger partial charge < -0.3 is 10.1 Å². The highest BCUT2D eigenvalue weighted by Gasteiger charge is 2.01. The first-order valence-corrected chi connectivity index (χ1v) is 6.11. The molecular weight excluding hydrogens is 190 g/mol. The number of esters is 1. The number of carbonyl (C=O) groups is 1. The van der Waals surface area contributed by atoms with Gasteiger partial charge in [-0.3, -0.25) is 4.79 Å². The molecule has 15 heavy (non-hydrogen) atoms. The molecule has 3 nitrogen and oxygen atoms in total. The second kappa shape index (κ2) is 11.5. The summed E-state index contributed by atoms with van der Waals surface area (Å²) in [6.07, 6.45) is 7.39. The van der Waals surface area contributed by atoms with Gasteiger partial charge in [-0.1, -0.05) is 32.6 Å². The summed E-state index contributed by atoms with van der Waals surface area (Å²) in [6, 6.07) is 0. The zero-order valence-electron chi connectivity index (χ0n) is 10.2. The second-order valence-corrected chi connectivity index (χ2v) is 3.84. The van der Waals surface area contributed by atoms with Crippen LogP contribution in [0.1, 0.15) is 51.9 Å². The monoisotopic (exact) mass is 215 g/mol. The molecular formula is C12H25NO2. The summed E-state index contributed by atoms with van der Waals surface area (Å²) in [5.74, 6) is -0.0549. The first-order valence-electron chi connectivity index (χ1n) is 6.11. The van der Waals surface area contributed by atoms with Crippen LogP contribution in [-0.2, 0) is 9.53 Å². The van der Waals surface area contributed by atoms with Gasteiger partial charge in [-0.05, 0) is 26.4 Å². The van der Waals surface area contributed by atoms with Gasteiger partial charge in [-0.25, -0.2) is 0 Å². The largest absolute Gasteiger partial charge is 0.466 e. The minimum atomic E-state index is -0.0549. The van der Waals surface area contributed by atoms with E-state index in [-0.39, 0.29) is 5.97 Å². The molecule has 0 saturated carbocycles. The maximum Gasteiger partial charge on any atom is 0.305 e. The normalized spacial score (nSPS) is 10.3. The van der Waals surface area contributed by atoms with E-state index in [1.807, 2.05) is 7.05 Å². The van der Waals surface area contributed by atoms with Crippen molar-refractivity contribution in [1.29, 1.82) is 0 Å². The number of rotatable bonds is 10. The number of hydrogen-bond acceptors (Lipinski definition) is 3. The van der Waals surface area contributed by atoms with Crippen LogP contribution in [0.5, 0.6) is 0 Å². The Morgan fingerprint density at radius 2 is 1.87 bits per heavy atom. The Hall–Kier alpha value is -0.570. The molecule has 0 aliphatic heterocycles. The van der Waals surface area contributed by atoms with Crippen LogP contribution in [0.3, 0.4) is 0 Å². The van der Waals surface area contributed by atoms with Crippen LogP contribution in [0.25, 0.3) is 0 Å². The molecule has 0 aromatic heterocycles. The SMILES string of the molecule is CCCCCCCOC(=O)CCCNC. The molecule has 0 aliphatic carbocycles. The Morgan fingerprint density at radius 3 is 2.53 bits per heavy atom. The fraction of sp³-hybridized carbons (Fsp3) is 0.917. The van der Waals surface area contributed by atoms with E-state index in [4.69, 9.17) is 4.74 Å². The van der Waals surface area contributed by atoms with Gasteiger partial charge in [-0.2, -0.15) is 0 Å². The third-order valence-corrected chi connectivity index (χ3v) is 2.32. The van der Waals surface area contributed by atoms with Crippen molar-refractivity contribution in [1.82, 2.24) is 5.32 Å². The summed E-state index contributed by atoms with van der Waals surface area (Å²) in [4.78, 5) is 11.2. The number of unbranched alkanes of at least 4 members (excludes halogenated alkanes) is 4. The summed E-state index contributed by atoms with van der Waals surface area (Å²) >= 11 is 0. The van der Waals surface area contributed by atoms with Crippen molar-refractivity contribution in [2.75, 3.05) is 20.2 Å². The Balaban J connectivity index is 3.10. The van der Waals surface area contributed by atoms with Crippen LogP contribution in [0.2, 0.25) is 0 Å². The maximum absolute atomic E-state index is 11.2. The molecule has 0 aromatic carbocycles. The molecule has 0 atom stereocenters. The van der Waals surface area contributed by atoms with Crippen LogP contribution in [-0.4, -0.2) is 26.2 Å². The average molecular weight is 215 g/mol. The molecule has 0 aromatic rings. The summed E-state index contributed by atoms with van der Waals surface area (Å²) in [7, 11) is 1.89. The zero-order chi connectivity index (χ0) is 11.4. The van der Waals surface area contributed by atoms with E-state index in [0.717, 1.165) is 19.4 Å². The van der Waals surface area contributed by atoms with Crippen LogP contribution >= 0.6 is 0 Å². The van der Waals surface area contributed by atoms with Gasteiger partial charge in [0.15, 0.2) is 0 Å². The third-order valence-electron chi connectivity index (χ3n) is 2.32.